The van der Waals surface area contributed by atoms with Crippen LogP contribution in [0.5, 0.6) is 0 Å². The van der Waals surface area contributed by atoms with Gasteiger partial charge in [-0.2, -0.15) is 0 Å². The van der Waals surface area contributed by atoms with Gasteiger partial charge in [-0.25, -0.2) is 0 Å². The minimum absolute atomic E-state index is 0.0644. The minimum Gasteiger partial charge on any atom is -0.462 e. The number of hydrogen-bond acceptors (Lipinski definition) is 6. The van der Waals surface area contributed by atoms with E-state index in [-0.39, 0.29) is 31.1 Å². The number of unbranched alkanes of at least 4 members (excludes halogenated alkanes) is 43. The van der Waals surface area contributed by atoms with Crippen LogP contribution in [0.15, 0.2) is 0 Å². The monoisotopic (exact) mass is 905 g/mol. The van der Waals surface area contributed by atoms with Crippen LogP contribution in [-0.4, -0.2) is 37.2 Å². The van der Waals surface area contributed by atoms with Gasteiger partial charge in [0.05, 0.1) is 0 Å². The van der Waals surface area contributed by atoms with Gasteiger partial charge in [0.25, 0.3) is 0 Å². The maximum absolute atomic E-state index is 12.6. The van der Waals surface area contributed by atoms with Gasteiger partial charge in [0.2, 0.25) is 0 Å². The van der Waals surface area contributed by atoms with Crippen molar-refractivity contribution in [2.24, 2.45) is 0 Å². The molecule has 0 aliphatic rings. The van der Waals surface area contributed by atoms with Crippen molar-refractivity contribution in [2.75, 3.05) is 13.2 Å². The molecule has 1 unspecified atom stereocenters. The Morgan fingerprint density at radius 3 is 0.625 bits per heavy atom. The highest BCUT2D eigenvalue weighted by Crippen LogP contribution is 2.18. The van der Waals surface area contributed by atoms with Crippen LogP contribution >= 0.6 is 0 Å². The molecule has 0 aromatic rings. The highest BCUT2D eigenvalue weighted by Gasteiger charge is 2.19. The lowest BCUT2D eigenvalue weighted by molar-refractivity contribution is -0.167. The summed E-state index contributed by atoms with van der Waals surface area (Å²) >= 11 is 0. The summed E-state index contributed by atoms with van der Waals surface area (Å²) in [5, 5.41) is 0. The lowest BCUT2D eigenvalue weighted by Crippen LogP contribution is -2.30. The summed E-state index contributed by atoms with van der Waals surface area (Å²) < 4.78 is 16.6. The van der Waals surface area contributed by atoms with Crippen LogP contribution in [0.4, 0.5) is 0 Å². The summed E-state index contributed by atoms with van der Waals surface area (Å²) in [5.74, 6) is -0.870. The van der Waals surface area contributed by atoms with Crippen molar-refractivity contribution >= 4 is 17.9 Å². The molecule has 0 heterocycles. The second kappa shape index (κ2) is 54.0. The molecule has 0 aromatic heterocycles. The summed E-state index contributed by atoms with van der Waals surface area (Å²) in [6.45, 7) is 6.55. The molecule has 380 valence electrons. The molecule has 0 rings (SSSR count). The van der Waals surface area contributed by atoms with E-state index in [4.69, 9.17) is 14.2 Å². The summed E-state index contributed by atoms with van der Waals surface area (Å²) in [4.78, 5) is 37.4. The topological polar surface area (TPSA) is 78.9 Å². The van der Waals surface area contributed by atoms with Gasteiger partial charge in [-0.3, -0.25) is 14.4 Å². The van der Waals surface area contributed by atoms with Gasteiger partial charge < -0.3 is 14.2 Å². The molecule has 0 amide bonds. The molecule has 0 aromatic carbocycles. The van der Waals surface area contributed by atoms with Crippen LogP contribution in [0.3, 0.4) is 0 Å². The second-order valence-corrected chi connectivity index (χ2v) is 19.9. The van der Waals surface area contributed by atoms with E-state index in [9.17, 15) is 14.4 Å². The molecule has 0 radical (unpaired) electrons. The molecular formula is C58H112O6. The van der Waals surface area contributed by atoms with E-state index >= 15 is 0 Å². The van der Waals surface area contributed by atoms with E-state index in [0.717, 1.165) is 64.2 Å². The third-order valence-corrected chi connectivity index (χ3v) is 13.4. The van der Waals surface area contributed by atoms with Crippen LogP contribution < -0.4 is 0 Å². The van der Waals surface area contributed by atoms with Gasteiger partial charge in [-0.15, -0.1) is 0 Å². The Hall–Kier alpha value is -1.59. The number of carbonyl (C=O) groups is 3. The molecule has 0 aliphatic heterocycles. The van der Waals surface area contributed by atoms with Crippen LogP contribution in [-0.2, 0) is 28.6 Å². The normalized spacial score (nSPS) is 11.9. The summed E-state index contributed by atoms with van der Waals surface area (Å²) in [5.41, 5.74) is 0. The van der Waals surface area contributed by atoms with Gasteiger partial charge in [-0.05, 0) is 19.3 Å². The van der Waals surface area contributed by atoms with Crippen molar-refractivity contribution < 1.29 is 28.6 Å². The summed E-state index contributed by atoms with van der Waals surface area (Å²) in [6, 6.07) is 0. The third-order valence-electron chi connectivity index (χ3n) is 13.4. The standard InChI is InChI=1S/C58H112O6/c1-4-7-10-13-15-16-17-18-19-20-21-22-23-24-25-26-27-28-29-30-31-32-33-34-35-36-37-38-39-40-41-43-45-48-51-57(60)63-54-55(53-62-56(59)50-47-44-12-9-6-3)64-58(61)52-49-46-42-14-11-8-5-2/h55H,4-54H2,1-3H3. The maximum atomic E-state index is 12.6. The number of carbonyl (C=O) groups excluding carboxylic acids is 3. The van der Waals surface area contributed by atoms with Crippen LogP contribution in [0, 0.1) is 0 Å². The lowest BCUT2D eigenvalue weighted by Gasteiger charge is -2.18. The number of esters is 3. The van der Waals surface area contributed by atoms with Crippen LogP contribution in [0.1, 0.15) is 335 Å². The predicted octanol–water partition coefficient (Wildman–Crippen LogP) is 19.2. The number of hydrogen-bond donors (Lipinski definition) is 0. The van der Waals surface area contributed by atoms with Crippen LogP contribution in [0.25, 0.3) is 0 Å². The molecule has 0 saturated heterocycles. The molecule has 0 aliphatic carbocycles. The summed E-state index contributed by atoms with van der Waals surface area (Å²) in [6.07, 6.45) is 60.7. The molecule has 0 spiro atoms. The molecular weight excluding hydrogens is 793 g/mol. The van der Waals surface area contributed by atoms with Crippen molar-refractivity contribution in [1.82, 2.24) is 0 Å². The second-order valence-electron chi connectivity index (χ2n) is 19.9. The highest BCUT2D eigenvalue weighted by atomic mass is 16.6. The molecule has 0 bridgehead atoms. The van der Waals surface area contributed by atoms with E-state index in [1.807, 2.05) is 0 Å². The fourth-order valence-corrected chi connectivity index (χ4v) is 8.98. The largest absolute Gasteiger partial charge is 0.462 e. The third kappa shape index (κ3) is 51.4. The van der Waals surface area contributed by atoms with Crippen molar-refractivity contribution in [3.05, 3.63) is 0 Å². The first-order valence-corrected chi connectivity index (χ1v) is 29.0. The van der Waals surface area contributed by atoms with E-state index in [1.54, 1.807) is 0 Å². The quantitative estimate of drug-likeness (QED) is 0.0344. The molecule has 6 nitrogen and oxygen atoms in total. The Balaban J connectivity index is 3.68. The summed E-state index contributed by atoms with van der Waals surface area (Å²) in [7, 11) is 0. The Morgan fingerprint density at radius 2 is 0.422 bits per heavy atom. The average molecular weight is 906 g/mol. The zero-order valence-electron chi connectivity index (χ0n) is 43.6. The zero-order chi connectivity index (χ0) is 46.5. The Morgan fingerprint density at radius 1 is 0.250 bits per heavy atom. The molecule has 1 atom stereocenters. The van der Waals surface area contributed by atoms with Gasteiger partial charge >= 0.3 is 17.9 Å². The molecule has 0 saturated carbocycles. The first-order chi connectivity index (χ1) is 31.5. The average Bonchev–Trinajstić information content (AvgIpc) is 3.29. The van der Waals surface area contributed by atoms with E-state index in [0.29, 0.717) is 19.3 Å². The number of rotatable bonds is 54. The maximum Gasteiger partial charge on any atom is 0.306 e. The van der Waals surface area contributed by atoms with Crippen LogP contribution in [0.2, 0.25) is 0 Å². The van der Waals surface area contributed by atoms with Gasteiger partial charge in [0.1, 0.15) is 13.2 Å². The fraction of sp³-hybridized carbons (Fsp3) is 0.948. The van der Waals surface area contributed by atoms with Crippen molar-refractivity contribution in [3.8, 4) is 0 Å². The van der Waals surface area contributed by atoms with Crippen molar-refractivity contribution in [1.29, 1.82) is 0 Å². The van der Waals surface area contributed by atoms with E-state index in [1.165, 1.54) is 231 Å². The van der Waals surface area contributed by atoms with Crippen molar-refractivity contribution in [2.45, 2.75) is 341 Å². The zero-order valence-corrected chi connectivity index (χ0v) is 43.6. The van der Waals surface area contributed by atoms with Crippen molar-refractivity contribution in [3.63, 3.8) is 0 Å². The number of ether oxygens (including phenoxy) is 3. The van der Waals surface area contributed by atoms with Gasteiger partial charge in [-0.1, -0.05) is 297 Å². The Kier molecular flexibility index (Phi) is 52.7. The highest BCUT2D eigenvalue weighted by molar-refractivity contribution is 5.71. The predicted molar refractivity (Wildman–Crippen MR) is 275 cm³/mol. The molecule has 0 fully saturated rings. The van der Waals surface area contributed by atoms with E-state index in [2.05, 4.69) is 20.8 Å². The first kappa shape index (κ1) is 62.4. The van der Waals surface area contributed by atoms with E-state index < -0.39 is 6.10 Å². The smallest absolute Gasteiger partial charge is 0.306 e. The lowest BCUT2D eigenvalue weighted by atomic mass is 10.0. The van der Waals surface area contributed by atoms with Gasteiger partial charge in [0, 0.05) is 19.3 Å². The molecule has 6 heteroatoms. The molecule has 0 N–H and O–H groups in total. The first-order valence-electron chi connectivity index (χ1n) is 29.0. The minimum atomic E-state index is -0.756. The Bertz CT molecular complexity index is 951. The fourth-order valence-electron chi connectivity index (χ4n) is 8.98. The SMILES string of the molecule is CCCCCCCCCCCCCCCCCCCCCCCCCCCCCCCCCCCCC(=O)OCC(COC(=O)CCCCCCC)OC(=O)CCCCCCCCC. The molecule has 64 heavy (non-hydrogen) atoms. The Labute approximate surface area is 399 Å². The van der Waals surface area contributed by atoms with Gasteiger partial charge in [0.15, 0.2) is 6.10 Å².